The first-order chi connectivity index (χ1) is 12.1. The summed E-state index contributed by atoms with van der Waals surface area (Å²) in [6.45, 7) is 1.70. The molecule has 0 fully saturated rings. The summed E-state index contributed by atoms with van der Waals surface area (Å²) in [4.78, 5) is 12.4. The van der Waals surface area contributed by atoms with E-state index in [1.807, 2.05) is 42.5 Å². The Labute approximate surface area is 151 Å². The average Bonchev–Trinajstić information content (AvgIpc) is 2.61. The van der Waals surface area contributed by atoms with Crippen LogP contribution in [0.25, 0.3) is 10.8 Å². The molecule has 0 aliphatic heterocycles. The Morgan fingerprint density at radius 2 is 1.80 bits per heavy atom. The van der Waals surface area contributed by atoms with E-state index in [1.54, 1.807) is 25.1 Å². The second-order valence-electron chi connectivity index (χ2n) is 5.60. The van der Waals surface area contributed by atoms with Crippen molar-refractivity contribution in [2.45, 2.75) is 13.0 Å². The van der Waals surface area contributed by atoms with E-state index in [1.165, 1.54) is 7.11 Å². The highest BCUT2D eigenvalue weighted by Gasteiger charge is 2.17. The number of ether oxygens (including phenoxy) is 2. The van der Waals surface area contributed by atoms with Crippen LogP contribution in [0.4, 0.5) is 5.69 Å². The van der Waals surface area contributed by atoms with Gasteiger partial charge in [0.05, 0.1) is 12.8 Å². The van der Waals surface area contributed by atoms with Crippen LogP contribution in [0.1, 0.15) is 6.92 Å². The van der Waals surface area contributed by atoms with Crippen LogP contribution in [0, 0.1) is 0 Å². The molecule has 0 aromatic heterocycles. The molecule has 0 heterocycles. The zero-order valence-corrected chi connectivity index (χ0v) is 14.7. The van der Waals surface area contributed by atoms with Gasteiger partial charge in [0.2, 0.25) is 0 Å². The van der Waals surface area contributed by atoms with E-state index >= 15 is 0 Å². The second kappa shape index (κ2) is 7.45. The Balaban J connectivity index is 1.72. The van der Waals surface area contributed by atoms with Crippen LogP contribution in [0.5, 0.6) is 11.5 Å². The molecule has 0 aliphatic carbocycles. The summed E-state index contributed by atoms with van der Waals surface area (Å²) in [5, 5.41) is 5.48. The summed E-state index contributed by atoms with van der Waals surface area (Å²) >= 11 is 5.98. The van der Waals surface area contributed by atoms with Crippen molar-refractivity contribution < 1.29 is 14.3 Å². The quantitative estimate of drug-likeness (QED) is 0.707. The molecule has 0 saturated heterocycles. The van der Waals surface area contributed by atoms with Crippen LogP contribution < -0.4 is 14.8 Å². The normalized spacial score (nSPS) is 11.8. The number of methoxy groups -OCH3 is 1. The third-order valence-corrected chi connectivity index (χ3v) is 4.06. The molecule has 0 unspecified atom stereocenters. The SMILES string of the molecule is COc1ccc(Cl)cc1NC(=O)[C@H](C)Oc1ccc2ccccc2c1. The zero-order valence-electron chi connectivity index (χ0n) is 14.0. The van der Waals surface area contributed by atoms with Crippen molar-refractivity contribution in [3.05, 3.63) is 65.7 Å². The number of carbonyl (C=O) groups is 1. The fraction of sp³-hybridized carbons (Fsp3) is 0.150. The Morgan fingerprint density at radius 1 is 1.04 bits per heavy atom. The van der Waals surface area contributed by atoms with Gasteiger partial charge in [-0.1, -0.05) is 41.9 Å². The number of fused-ring (bicyclic) bond motifs is 1. The van der Waals surface area contributed by atoms with E-state index in [-0.39, 0.29) is 5.91 Å². The maximum atomic E-state index is 12.4. The number of rotatable bonds is 5. The van der Waals surface area contributed by atoms with E-state index in [0.717, 1.165) is 10.8 Å². The predicted molar refractivity (Wildman–Crippen MR) is 101 cm³/mol. The van der Waals surface area contributed by atoms with E-state index in [0.29, 0.717) is 22.2 Å². The minimum Gasteiger partial charge on any atom is -0.495 e. The first-order valence-electron chi connectivity index (χ1n) is 7.86. The number of benzene rings is 3. The van der Waals surface area contributed by atoms with Gasteiger partial charge in [-0.3, -0.25) is 4.79 Å². The molecule has 0 radical (unpaired) electrons. The monoisotopic (exact) mass is 355 g/mol. The van der Waals surface area contributed by atoms with Gasteiger partial charge in [-0.05, 0) is 48.0 Å². The molecule has 0 aliphatic rings. The van der Waals surface area contributed by atoms with Crippen molar-refractivity contribution in [3.63, 3.8) is 0 Å². The Morgan fingerprint density at radius 3 is 2.56 bits per heavy atom. The maximum Gasteiger partial charge on any atom is 0.265 e. The van der Waals surface area contributed by atoms with Crippen LogP contribution in [0.3, 0.4) is 0 Å². The first kappa shape index (κ1) is 17.1. The topological polar surface area (TPSA) is 47.6 Å². The lowest BCUT2D eigenvalue weighted by molar-refractivity contribution is -0.122. The lowest BCUT2D eigenvalue weighted by Gasteiger charge is -2.16. The summed E-state index contributed by atoms with van der Waals surface area (Å²) in [5.41, 5.74) is 0.508. The third-order valence-electron chi connectivity index (χ3n) is 3.82. The molecule has 3 rings (SSSR count). The highest BCUT2D eigenvalue weighted by atomic mass is 35.5. The Bertz CT molecular complexity index is 910. The van der Waals surface area contributed by atoms with Crippen LogP contribution in [0.2, 0.25) is 5.02 Å². The molecule has 128 valence electrons. The number of anilines is 1. The van der Waals surface area contributed by atoms with E-state index in [2.05, 4.69) is 5.32 Å². The third kappa shape index (κ3) is 4.03. The molecular formula is C20H18ClNO3. The molecular weight excluding hydrogens is 338 g/mol. The van der Waals surface area contributed by atoms with Crippen LogP contribution >= 0.6 is 11.6 Å². The molecule has 4 nitrogen and oxygen atoms in total. The van der Waals surface area contributed by atoms with E-state index < -0.39 is 6.10 Å². The molecule has 0 spiro atoms. The van der Waals surface area contributed by atoms with Crippen molar-refractivity contribution in [1.82, 2.24) is 0 Å². The Hall–Kier alpha value is -2.72. The lowest BCUT2D eigenvalue weighted by Crippen LogP contribution is -2.30. The average molecular weight is 356 g/mol. The minimum atomic E-state index is -0.676. The largest absolute Gasteiger partial charge is 0.495 e. The molecule has 25 heavy (non-hydrogen) atoms. The van der Waals surface area contributed by atoms with E-state index in [4.69, 9.17) is 21.1 Å². The van der Waals surface area contributed by atoms with Gasteiger partial charge in [-0.15, -0.1) is 0 Å². The molecule has 1 amide bonds. The maximum absolute atomic E-state index is 12.4. The molecule has 3 aromatic rings. The predicted octanol–water partition coefficient (Wildman–Crippen LogP) is 4.91. The summed E-state index contributed by atoms with van der Waals surface area (Å²) in [6.07, 6.45) is -0.676. The van der Waals surface area contributed by atoms with Gasteiger partial charge in [0.25, 0.3) is 5.91 Å². The van der Waals surface area contributed by atoms with Crippen LogP contribution in [0.15, 0.2) is 60.7 Å². The van der Waals surface area contributed by atoms with Gasteiger partial charge in [0, 0.05) is 5.02 Å². The highest BCUT2D eigenvalue weighted by Crippen LogP contribution is 2.28. The zero-order chi connectivity index (χ0) is 17.8. The summed E-state index contributed by atoms with van der Waals surface area (Å²) < 4.78 is 11.0. The fourth-order valence-electron chi connectivity index (χ4n) is 2.51. The fourth-order valence-corrected chi connectivity index (χ4v) is 2.68. The van der Waals surface area contributed by atoms with Gasteiger partial charge in [-0.25, -0.2) is 0 Å². The standard InChI is InChI=1S/C20H18ClNO3/c1-13(20(23)22-18-12-16(21)8-10-19(18)24-2)25-17-9-7-14-5-3-4-6-15(14)11-17/h3-13H,1-2H3,(H,22,23)/t13-/m0/s1. The minimum absolute atomic E-state index is 0.284. The molecule has 0 saturated carbocycles. The molecule has 0 bridgehead atoms. The molecule has 1 N–H and O–H groups in total. The number of hydrogen-bond donors (Lipinski definition) is 1. The van der Waals surface area contributed by atoms with Crippen LogP contribution in [-0.4, -0.2) is 19.1 Å². The number of halogens is 1. The van der Waals surface area contributed by atoms with Gasteiger partial charge in [-0.2, -0.15) is 0 Å². The molecule has 5 heteroatoms. The first-order valence-corrected chi connectivity index (χ1v) is 8.24. The van der Waals surface area contributed by atoms with Crippen LogP contribution in [-0.2, 0) is 4.79 Å². The lowest BCUT2D eigenvalue weighted by atomic mass is 10.1. The van der Waals surface area contributed by atoms with Crippen molar-refractivity contribution >= 4 is 34.0 Å². The van der Waals surface area contributed by atoms with Crippen molar-refractivity contribution in [2.24, 2.45) is 0 Å². The number of nitrogens with one attached hydrogen (secondary N) is 1. The van der Waals surface area contributed by atoms with Crippen molar-refractivity contribution in [3.8, 4) is 11.5 Å². The van der Waals surface area contributed by atoms with Gasteiger partial charge in [0.1, 0.15) is 11.5 Å². The summed E-state index contributed by atoms with van der Waals surface area (Å²) in [7, 11) is 1.54. The van der Waals surface area contributed by atoms with Crippen molar-refractivity contribution in [2.75, 3.05) is 12.4 Å². The highest BCUT2D eigenvalue weighted by molar-refractivity contribution is 6.31. The second-order valence-corrected chi connectivity index (χ2v) is 6.04. The molecule has 1 atom stereocenters. The van der Waals surface area contributed by atoms with Gasteiger partial charge >= 0.3 is 0 Å². The summed E-state index contributed by atoms with van der Waals surface area (Å²) in [5.74, 6) is 0.892. The number of carbonyl (C=O) groups excluding carboxylic acids is 1. The Kier molecular flexibility index (Phi) is 5.10. The number of hydrogen-bond acceptors (Lipinski definition) is 3. The van der Waals surface area contributed by atoms with Crippen molar-refractivity contribution in [1.29, 1.82) is 0 Å². The smallest absolute Gasteiger partial charge is 0.265 e. The number of amides is 1. The van der Waals surface area contributed by atoms with Gasteiger partial charge in [0.15, 0.2) is 6.10 Å². The van der Waals surface area contributed by atoms with E-state index in [9.17, 15) is 4.79 Å². The summed E-state index contributed by atoms with van der Waals surface area (Å²) in [6, 6.07) is 18.8. The van der Waals surface area contributed by atoms with Gasteiger partial charge < -0.3 is 14.8 Å². The molecule has 3 aromatic carbocycles.